The number of hydrogen-bond donors (Lipinski definition) is 0. The van der Waals surface area contributed by atoms with Crippen molar-refractivity contribution in [3.05, 3.63) is 84.2 Å². The highest BCUT2D eigenvalue weighted by atomic mass is 19.1. The number of nitrogens with zero attached hydrogens (tertiary/aromatic N) is 2. The zero-order valence-corrected chi connectivity index (χ0v) is 17.7. The number of halogens is 1. The van der Waals surface area contributed by atoms with Crippen LogP contribution in [-0.4, -0.2) is 23.3 Å². The Labute approximate surface area is 181 Å². The second-order valence-electron chi connectivity index (χ2n) is 7.19. The van der Waals surface area contributed by atoms with Crippen molar-refractivity contribution in [3.8, 4) is 22.9 Å². The van der Waals surface area contributed by atoms with Gasteiger partial charge in [-0.15, -0.1) is 0 Å². The number of aromatic nitrogens is 2. The quantitative estimate of drug-likeness (QED) is 0.314. The van der Waals surface area contributed by atoms with Gasteiger partial charge in [0.2, 0.25) is 0 Å². The van der Waals surface area contributed by atoms with Crippen molar-refractivity contribution in [2.75, 3.05) is 13.7 Å². The summed E-state index contributed by atoms with van der Waals surface area (Å²) < 4.78 is 27.0. The van der Waals surface area contributed by atoms with Gasteiger partial charge >= 0.3 is 0 Å². The molecule has 0 bridgehead atoms. The Hall–Kier alpha value is -3.60. The molecule has 0 aliphatic carbocycles. The molecular weight excluding hydrogens is 391 g/mol. The molecule has 0 spiro atoms. The van der Waals surface area contributed by atoms with Gasteiger partial charge in [-0.05, 0) is 67.4 Å². The number of imidazole rings is 1. The first kappa shape index (κ1) is 20.7. The van der Waals surface area contributed by atoms with Crippen LogP contribution in [0, 0.1) is 5.82 Å². The van der Waals surface area contributed by atoms with Crippen LogP contribution in [0.4, 0.5) is 4.39 Å². The molecule has 1 aromatic heterocycles. The normalized spacial score (nSPS) is 11.3. The highest BCUT2D eigenvalue weighted by Crippen LogP contribution is 2.29. The van der Waals surface area contributed by atoms with E-state index in [0.29, 0.717) is 6.61 Å². The van der Waals surface area contributed by atoms with Crippen LogP contribution < -0.4 is 9.47 Å². The van der Waals surface area contributed by atoms with E-state index in [2.05, 4.69) is 10.6 Å². The number of benzene rings is 3. The summed E-state index contributed by atoms with van der Waals surface area (Å²) in [6.45, 7) is 3.25. The maximum absolute atomic E-state index is 13.4. The van der Waals surface area contributed by atoms with E-state index < -0.39 is 0 Å². The van der Waals surface area contributed by atoms with Gasteiger partial charge in [-0.2, -0.15) is 0 Å². The third-order valence-electron chi connectivity index (χ3n) is 5.09. The highest BCUT2D eigenvalue weighted by molar-refractivity contribution is 5.80. The van der Waals surface area contributed by atoms with Crippen LogP contribution in [0.5, 0.6) is 11.5 Å². The molecular formula is C26H25FN2O2. The Balaban J connectivity index is 1.51. The minimum Gasteiger partial charge on any atom is -0.493 e. The van der Waals surface area contributed by atoms with Gasteiger partial charge in [-0.3, -0.25) is 0 Å². The Morgan fingerprint density at radius 1 is 1.00 bits per heavy atom. The van der Waals surface area contributed by atoms with Crippen molar-refractivity contribution in [1.29, 1.82) is 0 Å². The molecule has 0 aliphatic rings. The lowest BCUT2D eigenvalue weighted by molar-refractivity contribution is 0.283. The van der Waals surface area contributed by atoms with Gasteiger partial charge in [0.15, 0.2) is 11.5 Å². The van der Waals surface area contributed by atoms with Gasteiger partial charge in [-0.1, -0.05) is 30.4 Å². The summed E-state index contributed by atoms with van der Waals surface area (Å²) in [5.41, 5.74) is 3.93. The first-order valence-electron chi connectivity index (χ1n) is 10.3. The second kappa shape index (κ2) is 9.47. The molecule has 0 radical (unpaired) electrons. The van der Waals surface area contributed by atoms with Crippen LogP contribution in [-0.2, 0) is 6.54 Å². The lowest BCUT2D eigenvalue weighted by atomic mass is 10.2. The summed E-state index contributed by atoms with van der Waals surface area (Å²) in [5, 5.41) is 0. The highest BCUT2D eigenvalue weighted by Gasteiger charge is 2.13. The molecule has 0 unspecified atom stereocenters. The zero-order chi connectivity index (χ0) is 21.6. The molecule has 4 nitrogen and oxygen atoms in total. The van der Waals surface area contributed by atoms with Crippen LogP contribution in [0.2, 0.25) is 0 Å². The third-order valence-corrected chi connectivity index (χ3v) is 5.09. The fourth-order valence-electron chi connectivity index (χ4n) is 3.63. The molecule has 31 heavy (non-hydrogen) atoms. The van der Waals surface area contributed by atoms with E-state index in [4.69, 9.17) is 14.5 Å². The molecule has 4 rings (SSSR count). The van der Waals surface area contributed by atoms with E-state index in [1.165, 1.54) is 12.1 Å². The van der Waals surface area contributed by atoms with Gasteiger partial charge in [0, 0.05) is 12.1 Å². The number of fused-ring (bicyclic) bond motifs is 1. The molecule has 0 amide bonds. The number of aryl methyl sites for hydroxylation is 1. The molecule has 0 saturated heterocycles. The van der Waals surface area contributed by atoms with Crippen LogP contribution in [0.25, 0.3) is 28.5 Å². The Bertz CT molecular complexity index is 1200. The number of allylic oxidation sites excluding steroid dienone is 1. The SMILES string of the molecule is C/C=C/c1ccc(OCCCn2c(-c3ccc(F)cc3)nc3ccccc32)c(OC)c1. The molecule has 0 N–H and O–H groups in total. The minimum atomic E-state index is -0.255. The first-order chi connectivity index (χ1) is 15.2. The predicted octanol–water partition coefficient (Wildman–Crippen LogP) is 6.35. The average Bonchev–Trinajstić information content (AvgIpc) is 3.16. The van der Waals surface area contributed by atoms with Crippen LogP contribution >= 0.6 is 0 Å². The van der Waals surface area contributed by atoms with Gasteiger partial charge < -0.3 is 14.0 Å². The van der Waals surface area contributed by atoms with Crippen molar-refractivity contribution < 1.29 is 13.9 Å². The minimum absolute atomic E-state index is 0.255. The molecule has 0 atom stereocenters. The van der Waals surface area contributed by atoms with Crippen LogP contribution in [0.3, 0.4) is 0 Å². The monoisotopic (exact) mass is 416 g/mol. The van der Waals surface area contributed by atoms with E-state index in [1.54, 1.807) is 19.2 Å². The first-order valence-corrected chi connectivity index (χ1v) is 10.3. The molecule has 158 valence electrons. The lowest BCUT2D eigenvalue weighted by Gasteiger charge is -2.13. The van der Waals surface area contributed by atoms with Crippen molar-refractivity contribution >= 4 is 17.1 Å². The maximum atomic E-state index is 13.4. The summed E-state index contributed by atoms with van der Waals surface area (Å²) >= 11 is 0. The van der Waals surface area contributed by atoms with E-state index >= 15 is 0 Å². The molecule has 3 aromatic carbocycles. The van der Waals surface area contributed by atoms with Crippen LogP contribution in [0.1, 0.15) is 18.9 Å². The fraction of sp³-hybridized carbons (Fsp3) is 0.192. The molecule has 0 fully saturated rings. The summed E-state index contributed by atoms with van der Waals surface area (Å²) in [5.74, 6) is 2.02. The number of hydrogen-bond acceptors (Lipinski definition) is 3. The van der Waals surface area contributed by atoms with Crippen molar-refractivity contribution in [1.82, 2.24) is 9.55 Å². The maximum Gasteiger partial charge on any atom is 0.161 e. The van der Waals surface area contributed by atoms with E-state index in [1.807, 2.05) is 55.5 Å². The summed E-state index contributed by atoms with van der Waals surface area (Å²) in [6, 6.07) is 20.4. The van der Waals surface area contributed by atoms with Crippen molar-refractivity contribution in [3.63, 3.8) is 0 Å². The molecule has 5 heteroatoms. The van der Waals surface area contributed by atoms with E-state index in [9.17, 15) is 4.39 Å². The summed E-state index contributed by atoms with van der Waals surface area (Å²) in [4.78, 5) is 4.78. The van der Waals surface area contributed by atoms with E-state index in [-0.39, 0.29) is 5.82 Å². The Morgan fingerprint density at radius 3 is 2.58 bits per heavy atom. The molecule has 0 aliphatic heterocycles. The molecule has 0 saturated carbocycles. The molecule has 4 aromatic rings. The Kier molecular flexibility index (Phi) is 6.32. The summed E-state index contributed by atoms with van der Waals surface area (Å²) in [6.07, 6.45) is 4.80. The lowest BCUT2D eigenvalue weighted by Crippen LogP contribution is -2.06. The zero-order valence-electron chi connectivity index (χ0n) is 17.7. The van der Waals surface area contributed by atoms with E-state index in [0.717, 1.165) is 52.4 Å². The van der Waals surface area contributed by atoms with Gasteiger partial charge in [0.25, 0.3) is 0 Å². The van der Waals surface area contributed by atoms with Gasteiger partial charge in [0.1, 0.15) is 11.6 Å². The summed E-state index contributed by atoms with van der Waals surface area (Å²) in [7, 11) is 1.65. The van der Waals surface area contributed by atoms with Gasteiger partial charge in [-0.25, -0.2) is 9.37 Å². The predicted molar refractivity (Wildman–Crippen MR) is 123 cm³/mol. The topological polar surface area (TPSA) is 36.3 Å². The van der Waals surface area contributed by atoms with Crippen molar-refractivity contribution in [2.45, 2.75) is 19.9 Å². The largest absolute Gasteiger partial charge is 0.493 e. The third kappa shape index (κ3) is 4.61. The van der Waals surface area contributed by atoms with Gasteiger partial charge in [0.05, 0.1) is 24.8 Å². The molecule has 1 heterocycles. The average molecular weight is 416 g/mol. The van der Waals surface area contributed by atoms with Crippen molar-refractivity contribution in [2.24, 2.45) is 0 Å². The number of rotatable bonds is 8. The Morgan fingerprint density at radius 2 is 1.81 bits per heavy atom. The number of para-hydroxylation sites is 2. The smallest absolute Gasteiger partial charge is 0.161 e. The number of ether oxygens (including phenoxy) is 2. The van der Waals surface area contributed by atoms with Crippen LogP contribution in [0.15, 0.2) is 72.8 Å². The standard InChI is InChI=1S/C26H25FN2O2/c1-3-7-19-10-15-24(25(18-19)30-2)31-17-6-16-29-23-9-5-4-8-22(23)28-26(29)20-11-13-21(27)14-12-20/h3-5,7-15,18H,6,16-17H2,1-2H3/b7-3+. The second-order valence-corrected chi connectivity index (χ2v) is 7.19. The fourth-order valence-corrected chi connectivity index (χ4v) is 3.63. The number of methoxy groups -OCH3 is 1.